The van der Waals surface area contributed by atoms with Gasteiger partial charge in [0.25, 0.3) is 0 Å². The fourth-order valence-corrected chi connectivity index (χ4v) is 7.15. The van der Waals surface area contributed by atoms with E-state index in [-0.39, 0.29) is 0 Å². The van der Waals surface area contributed by atoms with Crippen LogP contribution in [0.3, 0.4) is 0 Å². The first-order valence-corrected chi connectivity index (χ1v) is 10.0. The zero-order valence-electron chi connectivity index (χ0n) is 12.5. The van der Waals surface area contributed by atoms with Crippen molar-refractivity contribution in [2.24, 2.45) is 0 Å². The summed E-state index contributed by atoms with van der Waals surface area (Å²) in [6, 6.07) is 29.1. The van der Waals surface area contributed by atoms with Gasteiger partial charge < -0.3 is 0 Å². The molecule has 0 bridgehead atoms. The van der Waals surface area contributed by atoms with E-state index in [9.17, 15) is 0 Å². The summed E-state index contributed by atoms with van der Waals surface area (Å²) in [6.45, 7) is 4.30. The molecular formula is C20H19As. The monoisotopic (exact) mass is 334 g/mol. The van der Waals surface area contributed by atoms with Gasteiger partial charge in [0.05, 0.1) is 0 Å². The first-order chi connectivity index (χ1) is 10.2. The van der Waals surface area contributed by atoms with Gasteiger partial charge in [-0.1, -0.05) is 0 Å². The van der Waals surface area contributed by atoms with Crippen LogP contribution in [0.5, 0.6) is 0 Å². The Bertz CT molecular complexity index is 652. The number of aryl methyl sites for hydroxylation is 2. The molecule has 0 fully saturated rings. The molecule has 0 heterocycles. The van der Waals surface area contributed by atoms with Crippen molar-refractivity contribution >= 4 is 27.7 Å². The van der Waals surface area contributed by atoms with Gasteiger partial charge in [-0.3, -0.25) is 0 Å². The van der Waals surface area contributed by atoms with Crippen LogP contribution >= 0.6 is 0 Å². The topological polar surface area (TPSA) is 0 Å². The van der Waals surface area contributed by atoms with Crippen LogP contribution in [0, 0.1) is 13.8 Å². The van der Waals surface area contributed by atoms with Gasteiger partial charge in [-0.2, -0.15) is 0 Å². The molecule has 104 valence electrons. The Morgan fingerprint density at radius 2 is 0.857 bits per heavy atom. The molecule has 0 amide bonds. The Morgan fingerprint density at radius 3 is 1.29 bits per heavy atom. The Labute approximate surface area is 131 Å². The average Bonchev–Trinajstić information content (AvgIpc) is 2.52. The molecule has 3 aromatic rings. The second-order valence-corrected chi connectivity index (χ2v) is 10.00. The van der Waals surface area contributed by atoms with E-state index in [0.29, 0.717) is 0 Å². The first-order valence-electron chi connectivity index (χ1n) is 7.22. The van der Waals surface area contributed by atoms with Crippen LogP contribution in [0.4, 0.5) is 0 Å². The number of benzene rings is 3. The van der Waals surface area contributed by atoms with Gasteiger partial charge in [0.1, 0.15) is 0 Å². The summed E-state index contributed by atoms with van der Waals surface area (Å²) in [6.07, 6.45) is 0. The quantitative estimate of drug-likeness (QED) is 0.646. The van der Waals surface area contributed by atoms with Gasteiger partial charge in [0.2, 0.25) is 0 Å². The van der Waals surface area contributed by atoms with E-state index >= 15 is 0 Å². The van der Waals surface area contributed by atoms with E-state index in [4.69, 9.17) is 0 Å². The van der Waals surface area contributed by atoms with Crippen LogP contribution in [-0.4, -0.2) is 14.7 Å². The van der Waals surface area contributed by atoms with Crippen molar-refractivity contribution in [2.75, 3.05) is 0 Å². The second-order valence-electron chi connectivity index (χ2n) is 5.34. The SMILES string of the molecule is Cc1ccc([As](c2ccccc2)c2ccc(C)cc2)cc1. The van der Waals surface area contributed by atoms with Gasteiger partial charge in [0.15, 0.2) is 0 Å². The van der Waals surface area contributed by atoms with Gasteiger partial charge in [-0.25, -0.2) is 0 Å². The summed E-state index contributed by atoms with van der Waals surface area (Å²) in [5, 5.41) is 0. The minimum atomic E-state index is -1.43. The third kappa shape index (κ3) is 3.28. The van der Waals surface area contributed by atoms with E-state index in [1.54, 1.807) is 0 Å². The Balaban J connectivity index is 2.11. The Morgan fingerprint density at radius 1 is 0.476 bits per heavy atom. The van der Waals surface area contributed by atoms with Crippen LogP contribution < -0.4 is 13.1 Å². The zero-order chi connectivity index (χ0) is 14.7. The molecule has 21 heavy (non-hydrogen) atoms. The molecule has 0 atom stereocenters. The van der Waals surface area contributed by atoms with Crippen molar-refractivity contribution in [3.05, 3.63) is 90.0 Å². The fraction of sp³-hybridized carbons (Fsp3) is 0.100. The van der Waals surface area contributed by atoms with E-state index in [1.807, 2.05) is 0 Å². The molecular weight excluding hydrogens is 315 g/mol. The van der Waals surface area contributed by atoms with Crippen LogP contribution in [0.1, 0.15) is 11.1 Å². The number of rotatable bonds is 3. The summed E-state index contributed by atoms with van der Waals surface area (Å²) in [5.74, 6) is 0. The van der Waals surface area contributed by atoms with Gasteiger partial charge in [0, 0.05) is 0 Å². The van der Waals surface area contributed by atoms with Crippen LogP contribution in [0.25, 0.3) is 0 Å². The maximum absolute atomic E-state index is 2.31. The fourth-order valence-electron chi connectivity index (χ4n) is 2.41. The third-order valence-electron chi connectivity index (χ3n) is 3.60. The van der Waals surface area contributed by atoms with Crippen LogP contribution in [0.2, 0.25) is 0 Å². The van der Waals surface area contributed by atoms with Crippen molar-refractivity contribution in [1.82, 2.24) is 0 Å². The van der Waals surface area contributed by atoms with Crippen molar-refractivity contribution in [3.63, 3.8) is 0 Å². The molecule has 0 nitrogen and oxygen atoms in total. The average molecular weight is 334 g/mol. The van der Waals surface area contributed by atoms with E-state index in [2.05, 4.69) is 92.7 Å². The zero-order valence-corrected chi connectivity index (χ0v) is 14.3. The molecule has 0 aliphatic rings. The van der Waals surface area contributed by atoms with Crippen molar-refractivity contribution < 1.29 is 0 Å². The predicted molar refractivity (Wildman–Crippen MR) is 93.5 cm³/mol. The van der Waals surface area contributed by atoms with E-state index < -0.39 is 14.7 Å². The number of hydrogen-bond donors (Lipinski definition) is 0. The predicted octanol–water partition coefficient (Wildman–Crippen LogP) is 2.82. The van der Waals surface area contributed by atoms with E-state index in [0.717, 1.165) is 0 Å². The third-order valence-corrected chi connectivity index (χ3v) is 8.73. The Hall–Kier alpha value is -1.78. The second kappa shape index (κ2) is 6.33. The molecule has 0 aromatic heterocycles. The molecule has 0 unspecified atom stereocenters. The molecule has 1 heteroatoms. The first kappa shape index (κ1) is 14.2. The van der Waals surface area contributed by atoms with Crippen molar-refractivity contribution in [1.29, 1.82) is 0 Å². The maximum atomic E-state index is 2.31. The number of hydrogen-bond acceptors (Lipinski definition) is 0. The van der Waals surface area contributed by atoms with E-state index in [1.165, 1.54) is 24.2 Å². The molecule has 3 aromatic carbocycles. The van der Waals surface area contributed by atoms with Gasteiger partial charge in [-0.15, -0.1) is 0 Å². The summed E-state index contributed by atoms with van der Waals surface area (Å²) in [7, 11) is 0. The van der Waals surface area contributed by atoms with Crippen LogP contribution in [0.15, 0.2) is 78.9 Å². The summed E-state index contributed by atoms with van der Waals surface area (Å²) in [4.78, 5) is 0. The Kier molecular flexibility index (Phi) is 4.27. The summed E-state index contributed by atoms with van der Waals surface area (Å²) >= 11 is -1.43. The summed E-state index contributed by atoms with van der Waals surface area (Å²) in [5.41, 5.74) is 2.65. The van der Waals surface area contributed by atoms with Crippen LogP contribution in [-0.2, 0) is 0 Å². The molecule has 0 aliphatic heterocycles. The molecule has 0 spiro atoms. The molecule has 0 N–H and O–H groups in total. The molecule has 3 rings (SSSR count). The minimum absolute atomic E-state index is 1.32. The molecule has 0 saturated heterocycles. The van der Waals surface area contributed by atoms with Gasteiger partial charge in [-0.05, 0) is 0 Å². The molecule has 0 radical (unpaired) electrons. The van der Waals surface area contributed by atoms with Crippen molar-refractivity contribution in [2.45, 2.75) is 13.8 Å². The summed E-state index contributed by atoms with van der Waals surface area (Å²) < 4.78 is 4.46. The normalized spacial score (nSPS) is 10.8. The standard InChI is InChI=1S/C20H19As/c1-16-8-12-19(13-9-16)21(18-6-4-3-5-7-18)20-14-10-17(2)11-15-20/h3-15H,1-2H3. The van der Waals surface area contributed by atoms with Crippen molar-refractivity contribution in [3.8, 4) is 0 Å². The van der Waals surface area contributed by atoms with Gasteiger partial charge >= 0.3 is 132 Å². The molecule has 0 saturated carbocycles. The molecule has 0 aliphatic carbocycles.